The SMILES string of the molecule is Cc1ccc(Cn2c(C)c(C)c(C#N)c2N)o1. The Morgan fingerprint density at radius 1 is 1.35 bits per heavy atom. The molecule has 0 aliphatic rings. The number of nitrogens with zero attached hydrogens (tertiary/aromatic N) is 2. The molecule has 2 rings (SSSR count). The van der Waals surface area contributed by atoms with Crippen molar-refractivity contribution in [2.24, 2.45) is 0 Å². The van der Waals surface area contributed by atoms with Gasteiger partial charge in [0.25, 0.3) is 0 Å². The van der Waals surface area contributed by atoms with Gasteiger partial charge >= 0.3 is 0 Å². The van der Waals surface area contributed by atoms with Crippen molar-refractivity contribution in [1.82, 2.24) is 4.57 Å². The summed E-state index contributed by atoms with van der Waals surface area (Å²) >= 11 is 0. The molecule has 0 atom stereocenters. The molecule has 0 fully saturated rings. The highest BCUT2D eigenvalue weighted by molar-refractivity contribution is 5.57. The van der Waals surface area contributed by atoms with E-state index in [1.165, 1.54) is 0 Å². The highest BCUT2D eigenvalue weighted by atomic mass is 16.3. The summed E-state index contributed by atoms with van der Waals surface area (Å²) in [5.74, 6) is 2.23. The number of hydrogen-bond acceptors (Lipinski definition) is 3. The quantitative estimate of drug-likeness (QED) is 0.860. The first-order valence-corrected chi connectivity index (χ1v) is 5.45. The normalized spacial score (nSPS) is 10.5. The molecule has 17 heavy (non-hydrogen) atoms. The van der Waals surface area contributed by atoms with Crippen molar-refractivity contribution in [3.05, 3.63) is 40.5 Å². The number of nitriles is 1. The number of anilines is 1. The van der Waals surface area contributed by atoms with Gasteiger partial charge in [-0.15, -0.1) is 0 Å². The van der Waals surface area contributed by atoms with Crippen molar-refractivity contribution in [2.45, 2.75) is 27.3 Å². The Balaban J connectivity index is 2.44. The van der Waals surface area contributed by atoms with Crippen LogP contribution in [0, 0.1) is 32.1 Å². The summed E-state index contributed by atoms with van der Waals surface area (Å²) in [5, 5.41) is 9.04. The fourth-order valence-electron chi connectivity index (χ4n) is 1.96. The highest BCUT2D eigenvalue weighted by Gasteiger charge is 2.15. The molecular weight excluding hydrogens is 214 g/mol. The molecule has 0 amide bonds. The number of hydrogen-bond donors (Lipinski definition) is 1. The third-order valence-electron chi connectivity index (χ3n) is 3.09. The molecule has 0 spiro atoms. The van der Waals surface area contributed by atoms with Crippen molar-refractivity contribution in [1.29, 1.82) is 5.26 Å². The standard InChI is InChI=1S/C13H15N3O/c1-8-4-5-11(17-8)7-16-10(3)9(2)12(6-14)13(16)15/h4-5H,7,15H2,1-3H3. The third-order valence-corrected chi connectivity index (χ3v) is 3.09. The Morgan fingerprint density at radius 3 is 2.53 bits per heavy atom. The van der Waals surface area contributed by atoms with Gasteiger partial charge in [-0.3, -0.25) is 0 Å². The maximum absolute atomic E-state index is 9.04. The Bertz CT molecular complexity index is 599. The highest BCUT2D eigenvalue weighted by Crippen LogP contribution is 2.24. The molecule has 4 nitrogen and oxygen atoms in total. The van der Waals surface area contributed by atoms with Crippen molar-refractivity contribution in [3.63, 3.8) is 0 Å². The second kappa shape index (κ2) is 4.02. The van der Waals surface area contributed by atoms with Crippen LogP contribution in [0.3, 0.4) is 0 Å². The minimum absolute atomic E-state index is 0.511. The molecule has 0 bridgehead atoms. The fourth-order valence-corrected chi connectivity index (χ4v) is 1.96. The van der Waals surface area contributed by atoms with Crippen LogP contribution in [0.15, 0.2) is 16.5 Å². The van der Waals surface area contributed by atoms with Crippen molar-refractivity contribution < 1.29 is 4.42 Å². The molecule has 2 aromatic heterocycles. The molecule has 0 aromatic carbocycles. The van der Waals surface area contributed by atoms with E-state index < -0.39 is 0 Å². The molecule has 2 N–H and O–H groups in total. The number of nitrogens with two attached hydrogens (primary N) is 1. The largest absolute Gasteiger partial charge is 0.464 e. The molecule has 0 saturated heterocycles. The summed E-state index contributed by atoms with van der Waals surface area (Å²) in [6, 6.07) is 5.98. The molecule has 4 heteroatoms. The van der Waals surface area contributed by atoms with E-state index in [-0.39, 0.29) is 0 Å². The predicted molar refractivity (Wildman–Crippen MR) is 65.6 cm³/mol. The number of rotatable bonds is 2. The first-order valence-electron chi connectivity index (χ1n) is 5.45. The van der Waals surface area contributed by atoms with Crippen LogP contribution in [0.5, 0.6) is 0 Å². The molecule has 88 valence electrons. The first-order chi connectivity index (χ1) is 8.04. The molecule has 2 aromatic rings. The van der Waals surface area contributed by atoms with Crippen LogP contribution in [0.2, 0.25) is 0 Å². The maximum Gasteiger partial charge on any atom is 0.123 e. The first kappa shape index (κ1) is 11.3. The van der Waals surface area contributed by atoms with Gasteiger partial charge in [0.15, 0.2) is 0 Å². The molecular formula is C13H15N3O. The Morgan fingerprint density at radius 2 is 2.06 bits per heavy atom. The van der Waals surface area contributed by atoms with Crippen LogP contribution in [-0.4, -0.2) is 4.57 Å². The van der Waals surface area contributed by atoms with E-state index in [2.05, 4.69) is 6.07 Å². The van der Waals surface area contributed by atoms with Gasteiger partial charge < -0.3 is 14.7 Å². The Kier molecular flexibility index (Phi) is 2.68. The summed E-state index contributed by atoms with van der Waals surface area (Å²) in [6.45, 7) is 6.34. The van der Waals surface area contributed by atoms with Crippen LogP contribution in [0.25, 0.3) is 0 Å². The average molecular weight is 229 g/mol. The zero-order valence-corrected chi connectivity index (χ0v) is 10.2. The number of aromatic nitrogens is 1. The van der Waals surface area contributed by atoms with Crippen molar-refractivity contribution in [3.8, 4) is 6.07 Å². The molecule has 2 heterocycles. The van der Waals surface area contributed by atoms with Crippen LogP contribution >= 0.6 is 0 Å². The van der Waals surface area contributed by atoms with Gasteiger partial charge in [0.2, 0.25) is 0 Å². The minimum atomic E-state index is 0.511. The zero-order chi connectivity index (χ0) is 12.6. The smallest absolute Gasteiger partial charge is 0.123 e. The van der Waals surface area contributed by atoms with E-state index in [1.807, 2.05) is 37.5 Å². The molecule has 0 saturated carbocycles. The lowest BCUT2D eigenvalue weighted by molar-refractivity contribution is 0.469. The van der Waals surface area contributed by atoms with E-state index in [0.29, 0.717) is 17.9 Å². The molecule has 0 unspecified atom stereocenters. The van der Waals surface area contributed by atoms with E-state index >= 15 is 0 Å². The van der Waals surface area contributed by atoms with Gasteiger partial charge in [0, 0.05) is 5.69 Å². The lowest BCUT2D eigenvalue weighted by Crippen LogP contribution is -2.05. The predicted octanol–water partition coefficient (Wildman–Crippen LogP) is 2.51. The third kappa shape index (κ3) is 1.80. The fraction of sp³-hybridized carbons (Fsp3) is 0.308. The van der Waals surface area contributed by atoms with Crippen LogP contribution in [0.1, 0.15) is 28.3 Å². The molecule has 0 aliphatic heterocycles. The molecule has 0 aliphatic carbocycles. The monoisotopic (exact) mass is 229 g/mol. The second-order valence-electron chi connectivity index (χ2n) is 4.18. The van der Waals surface area contributed by atoms with Gasteiger partial charge in [-0.25, -0.2) is 0 Å². The average Bonchev–Trinajstić information content (AvgIpc) is 2.78. The van der Waals surface area contributed by atoms with Gasteiger partial charge in [-0.1, -0.05) is 0 Å². The second-order valence-corrected chi connectivity index (χ2v) is 4.18. The van der Waals surface area contributed by atoms with Crippen molar-refractivity contribution >= 4 is 5.82 Å². The van der Waals surface area contributed by atoms with Crippen LogP contribution < -0.4 is 5.73 Å². The summed E-state index contributed by atoms with van der Waals surface area (Å²) in [7, 11) is 0. The number of nitrogen functional groups attached to an aromatic ring is 1. The minimum Gasteiger partial charge on any atom is -0.464 e. The van der Waals surface area contributed by atoms with E-state index in [0.717, 1.165) is 22.8 Å². The van der Waals surface area contributed by atoms with Gasteiger partial charge in [-0.2, -0.15) is 5.26 Å². The topological polar surface area (TPSA) is 67.9 Å². The Labute approximate surface area is 100 Å². The maximum atomic E-state index is 9.04. The number of furan rings is 1. The molecule has 0 radical (unpaired) electrons. The summed E-state index contributed by atoms with van der Waals surface area (Å²) < 4.78 is 7.43. The van der Waals surface area contributed by atoms with E-state index in [1.54, 1.807) is 0 Å². The van der Waals surface area contributed by atoms with Gasteiger partial charge in [0.1, 0.15) is 23.4 Å². The van der Waals surface area contributed by atoms with Gasteiger partial charge in [-0.05, 0) is 38.5 Å². The summed E-state index contributed by atoms with van der Waals surface area (Å²) in [4.78, 5) is 0. The van der Waals surface area contributed by atoms with Crippen LogP contribution in [-0.2, 0) is 6.54 Å². The van der Waals surface area contributed by atoms with Crippen LogP contribution in [0.4, 0.5) is 5.82 Å². The van der Waals surface area contributed by atoms with E-state index in [9.17, 15) is 0 Å². The Hall–Kier alpha value is -2.15. The summed E-state index contributed by atoms with van der Waals surface area (Å²) in [5.41, 5.74) is 8.48. The summed E-state index contributed by atoms with van der Waals surface area (Å²) in [6.07, 6.45) is 0. The lowest BCUT2D eigenvalue weighted by atomic mass is 10.2. The van der Waals surface area contributed by atoms with Crippen molar-refractivity contribution in [2.75, 3.05) is 5.73 Å². The van der Waals surface area contributed by atoms with E-state index in [4.69, 9.17) is 15.4 Å². The van der Waals surface area contributed by atoms with Gasteiger partial charge in [0.05, 0.1) is 12.1 Å². The number of aryl methyl sites for hydroxylation is 1. The zero-order valence-electron chi connectivity index (χ0n) is 10.2. The lowest BCUT2D eigenvalue weighted by Gasteiger charge is -2.06.